The first-order chi connectivity index (χ1) is 11.6. The van der Waals surface area contributed by atoms with Crippen LogP contribution in [-0.2, 0) is 11.3 Å². The van der Waals surface area contributed by atoms with Gasteiger partial charge in [0.1, 0.15) is 5.75 Å². The summed E-state index contributed by atoms with van der Waals surface area (Å²) in [4.78, 5) is 14.6. The summed E-state index contributed by atoms with van der Waals surface area (Å²) in [6, 6.07) is 17.0. The number of rotatable bonds is 8. The van der Waals surface area contributed by atoms with Crippen LogP contribution in [0.4, 0.5) is 0 Å². The lowest BCUT2D eigenvalue weighted by atomic mass is 10.2. The van der Waals surface area contributed by atoms with E-state index in [-0.39, 0.29) is 5.91 Å². The number of amides is 1. The quantitative estimate of drug-likeness (QED) is 0.796. The van der Waals surface area contributed by atoms with Crippen molar-refractivity contribution >= 4 is 17.5 Å². The molecule has 2 aromatic carbocycles. The molecule has 2 rings (SSSR count). The fourth-order valence-electron chi connectivity index (χ4n) is 2.39. The van der Waals surface area contributed by atoms with Crippen molar-refractivity contribution in [2.75, 3.05) is 13.1 Å². The van der Waals surface area contributed by atoms with Gasteiger partial charge < -0.3 is 15.4 Å². The summed E-state index contributed by atoms with van der Waals surface area (Å²) < 4.78 is 5.75. The number of carbonyl (C=O) groups is 1. The zero-order valence-electron chi connectivity index (χ0n) is 13.8. The van der Waals surface area contributed by atoms with E-state index >= 15 is 0 Å². The second-order valence-electron chi connectivity index (χ2n) is 5.58. The maximum absolute atomic E-state index is 12.8. The molecule has 0 bridgehead atoms. The molecule has 4 nitrogen and oxygen atoms in total. The van der Waals surface area contributed by atoms with Gasteiger partial charge in [-0.3, -0.25) is 4.79 Å². The third-order valence-electron chi connectivity index (χ3n) is 3.65. The lowest BCUT2D eigenvalue weighted by Crippen LogP contribution is -2.41. The summed E-state index contributed by atoms with van der Waals surface area (Å²) in [6.45, 7) is 3.42. The molecule has 0 aromatic heterocycles. The fraction of sp³-hybridized carbons (Fsp3) is 0.316. The van der Waals surface area contributed by atoms with Crippen LogP contribution in [0.3, 0.4) is 0 Å². The highest BCUT2D eigenvalue weighted by atomic mass is 35.5. The van der Waals surface area contributed by atoms with Crippen molar-refractivity contribution in [2.45, 2.75) is 26.0 Å². The van der Waals surface area contributed by atoms with E-state index in [9.17, 15) is 4.79 Å². The SMILES string of the molecule is CC(Oc1ccccc1Cl)C(=O)N(CCCN)Cc1ccccc1. The van der Waals surface area contributed by atoms with Crippen molar-refractivity contribution in [3.8, 4) is 5.75 Å². The molecule has 24 heavy (non-hydrogen) atoms. The van der Waals surface area contributed by atoms with Gasteiger partial charge in [-0.15, -0.1) is 0 Å². The number of benzene rings is 2. The van der Waals surface area contributed by atoms with Crippen molar-refractivity contribution in [3.63, 3.8) is 0 Å². The van der Waals surface area contributed by atoms with Gasteiger partial charge in [0.05, 0.1) is 5.02 Å². The highest BCUT2D eigenvalue weighted by Crippen LogP contribution is 2.24. The number of hydrogen-bond donors (Lipinski definition) is 1. The Morgan fingerprint density at radius 3 is 2.50 bits per heavy atom. The van der Waals surface area contributed by atoms with Crippen molar-refractivity contribution < 1.29 is 9.53 Å². The van der Waals surface area contributed by atoms with Gasteiger partial charge in [-0.05, 0) is 37.6 Å². The lowest BCUT2D eigenvalue weighted by Gasteiger charge is -2.26. The van der Waals surface area contributed by atoms with E-state index < -0.39 is 6.10 Å². The lowest BCUT2D eigenvalue weighted by molar-refractivity contribution is -0.138. The van der Waals surface area contributed by atoms with E-state index in [1.54, 1.807) is 24.0 Å². The molecule has 0 aliphatic carbocycles. The smallest absolute Gasteiger partial charge is 0.263 e. The largest absolute Gasteiger partial charge is 0.479 e. The molecular weight excluding hydrogens is 324 g/mol. The van der Waals surface area contributed by atoms with Crippen LogP contribution in [0.1, 0.15) is 18.9 Å². The fourth-order valence-corrected chi connectivity index (χ4v) is 2.57. The molecule has 0 aliphatic heterocycles. The first-order valence-electron chi connectivity index (χ1n) is 8.05. The van der Waals surface area contributed by atoms with Crippen LogP contribution < -0.4 is 10.5 Å². The van der Waals surface area contributed by atoms with Crippen molar-refractivity contribution in [1.82, 2.24) is 4.90 Å². The number of nitrogens with two attached hydrogens (primary N) is 1. The summed E-state index contributed by atoms with van der Waals surface area (Å²) in [5.74, 6) is 0.436. The highest BCUT2D eigenvalue weighted by molar-refractivity contribution is 6.32. The maximum atomic E-state index is 12.8. The molecule has 1 unspecified atom stereocenters. The van der Waals surface area contributed by atoms with Crippen LogP contribution in [0.2, 0.25) is 5.02 Å². The predicted molar refractivity (Wildman–Crippen MR) is 97.1 cm³/mol. The van der Waals surface area contributed by atoms with Gasteiger partial charge in [-0.2, -0.15) is 0 Å². The van der Waals surface area contributed by atoms with Gasteiger partial charge in [0.15, 0.2) is 6.10 Å². The van der Waals surface area contributed by atoms with Crippen molar-refractivity contribution in [1.29, 1.82) is 0 Å². The highest BCUT2D eigenvalue weighted by Gasteiger charge is 2.22. The number of para-hydroxylation sites is 1. The van der Waals surface area contributed by atoms with Gasteiger partial charge >= 0.3 is 0 Å². The van der Waals surface area contributed by atoms with E-state index in [1.165, 1.54) is 0 Å². The minimum atomic E-state index is -0.619. The third-order valence-corrected chi connectivity index (χ3v) is 3.96. The van der Waals surface area contributed by atoms with Crippen LogP contribution in [0, 0.1) is 0 Å². The average Bonchev–Trinajstić information content (AvgIpc) is 2.60. The summed E-state index contributed by atoms with van der Waals surface area (Å²) in [7, 11) is 0. The molecule has 0 saturated heterocycles. The van der Waals surface area contributed by atoms with Crippen LogP contribution in [0.5, 0.6) is 5.75 Å². The summed E-state index contributed by atoms with van der Waals surface area (Å²) >= 11 is 6.10. The Hall–Kier alpha value is -2.04. The van der Waals surface area contributed by atoms with E-state index in [1.807, 2.05) is 42.5 Å². The zero-order chi connectivity index (χ0) is 17.4. The van der Waals surface area contributed by atoms with Gasteiger partial charge in [0.25, 0.3) is 5.91 Å². The number of halogens is 1. The van der Waals surface area contributed by atoms with E-state index in [0.717, 1.165) is 12.0 Å². The summed E-state index contributed by atoms with van der Waals surface area (Å²) in [5, 5.41) is 0.494. The summed E-state index contributed by atoms with van der Waals surface area (Å²) in [5.41, 5.74) is 6.68. The van der Waals surface area contributed by atoms with Gasteiger partial charge in [0, 0.05) is 13.1 Å². The standard InChI is InChI=1S/C19H23ClN2O2/c1-15(24-18-11-6-5-10-17(18)20)19(23)22(13-7-12-21)14-16-8-3-2-4-9-16/h2-6,8-11,15H,7,12-14,21H2,1H3. The molecule has 0 heterocycles. The van der Waals surface area contributed by atoms with E-state index in [2.05, 4.69) is 0 Å². The molecule has 0 aliphatic rings. The van der Waals surface area contributed by atoms with Crippen LogP contribution in [0.15, 0.2) is 54.6 Å². The Labute approximate surface area is 148 Å². The van der Waals surface area contributed by atoms with Gasteiger partial charge in [-0.1, -0.05) is 54.1 Å². The Morgan fingerprint density at radius 2 is 1.83 bits per heavy atom. The van der Waals surface area contributed by atoms with Crippen molar-refractivity contribution in [2.24, 2.45) is 5.73 Å². The molecule has 0 spiro atoms. The number of hydrogen-bond acceptors (Lipinski definition) is 3. The predicted octanol–water partition coefficient (Wildman–Crippen LogP) is 3.48. The van der Waals surface area contributed by atoms with Crippen LogP contribution in [0.25, 0.3) is 0 Å². The Bertz CT molecular complexity index is 649. The Kier molecular flexibility index (Phi) is 7.09. The Morgan fingerprint density at radius 1 is 1.17 bits per heavy atom. The third kappa shape index (κ3) is 5.25. The second-order valence-corrected chi connectivity index (χ2v) is 5.99. The van der Waals surface area contributed by atoms with Crippen LogP contribution in [-0.4, -0.2) is 30.0 Å². The topological polar surface area (TPSA) is 55.6 Å². The minimum Gasteiger partial charge on any atom is -0.479 e. The number of ether oxygens (including phenoxy) is 1. The Balaban J connectivity index is 2.06. The molecule has 1 amide bonds. The van der Waals surface area contributed by atoms with Gasteiger partial charge in [-0.25, -0.2) is 0 Å². The summed E-state index contributed by atoms with van der Waals surface area (Å²) in [6.07, 6.45) is 0.128. The molecule has 0 fully saturated rings. The molecule has 128 valence electrons. The molecule has 0 radical (unpaired) electrons. The number of carbonyl (C=O) groups excluding carboxylic acids is 1. The molecular formula is C19H23ClN2O2. The van der Waals surface area contributed by atoms with E-state index in [4.69, 9.17) is 22.1 Å². The normalized spacial score (nSPS) is 11.8. The van der Waals surface area contributed by atoms with Crippen molar-refractivity contribution in [3.05, 3.63) is 65.2 Å². The monoisotopic (exact) mass is 346 g/mol. The molecule has 0 saturated carbocycles. The number of nitrogens with zero attached hydrogens (tertiary/aromatic N) is 1. The minimum absolute atomic E-state index is 0.0766. The first-order valence-corrected chi connectivity index (χ1v) is 8.43. The molecule has 2 aromatic rings. The molecule has 5 heteroatoms. The van der Waals surface area contributed by atoms with E-state index in [0.29, 0.717) is 30.4 Å². The van der Waals surface area contributed by atoms with Crippen LogP contribution >= 0.6 is 11.6 Å². The second kappa shape index (κ2) is 9.30. The molecule has 1 atom stereocenters. The molecule has 2 N–H and O–H groups in total. The van der Waals surface area contributed by atoms with Gasteiger partial charge in [0.2, 0.25) is 0 Å². The zero-order valence-corrected chi connectivity index (χ0v) is 14.6. The first kappa shape index (κ1) is 18.3. The maximum Gasteiger partial charge on any atom is 0.263 e. The average molecular weight is 347 g/mol.